The van der Waals surface area contributed by atoms with E-state index in [1.54, 1.807) is 41.2 Å². The summed E-state index contributed by atoms with van der Waals surface area (Å²) >= 11 is 0. The van der Waals surface area contributed by atoms with E-state index in [0.717, 1.165) is 21.8 Å². The van der Waals surface area contributed by atoms with E-state index in [4.69, 9.17) is 18.9 Å². The fraction of sp³-hybridized carbons (Fsp3) is 0.517. The van der Waals surface area contributed by atoms with E-state index in [0.29, 0.717) is 42.1 Å². The summed E-state index contributed by atoms with van der Waals surface area (Å²) in [6, 6.07) is 6.38. The normalized spacial score (nSPS) is 21.5. The minimum atomic E-state index is -0.873. The van der Waals surface area contributed by atoms with Crippen LogP contribution in [-0.4, -0.2) is 50.5 Å². The van der Waals surface area contributed by atoms with Crippen LogP contribution in [0.25, 0.3) is 11.1 Å². The van der Waals surface area contributed by atoms with Gasteiger partial charge in [-0.25, -0.2) is 0 Å². The molecule has 0 radical (unpaired) electrons. The van der Waals surface area contributed by atoms with E-state index in [1.165, 1.54) is 13.2 Å². The molecule has 38 heavy (non-hydrogen) atoms. The third-order valence-electron chi connectivity index (χ3n) is 7.98. The lowest BCUT2D eigenvalue weighted by molar-refractivity contribution is -0.127. The summed E-state index contributed by atoms with van der Waals surface area (Å²) in [6.07, 6.45) is 1.53. The second-order valence-electron chi connectivity index (χ2n) is 11.1. The summed E-state index contributed by atoms with van der Waals surface area (Å²) < 4.78 is 22.4. The van der Waals surface area contributed by atoms with Crippen LogP contribution < -0.4 is 29.7 Å². The van der Waals surface area contributed by atoms with Crippen molar-refractivity contribution < 1.29 is 23.7 Å². The molecule has 1 aliphatic heterocycles. The molecule has 9 nitrogen and oxygen atoms in total. The Kier molecular flexibility index (Phi) is 7.38. The summed E-state index contributed by atoms with van der Waals surface area (Å²) in [4.78, 5) is 26.8. The zero-order valence-corrected chi connectivity index (χ0v) is 23.4. The predicted molar refractivity (Wildman–Crippen MR) is 145 cm³/mol. The number of hydrogen-bond donors (Lipinski definition) is 1. The quantitative estimate of drug-likeness (QED) is 0.597. The Morgan fingerprint density at radius 2 is 1.63 bits per heavy atom. The first-order valence-corrected chi connectivity index (χ1v) is 12.7. The number of hydrogen-bond acceptors (Lipinski definition) is 8. The van der Waals surface area contributed by atoms with Gasteiger partial charge in [0.15, 0.2) is 17.2 Å². The van der Waals surface area contributed by atoms with E-state index < -0.39 is 23.0 Å². The molecule has 1 fully saturated rings. The lowest BCUT2D eigenvalue weighted by Crippen LogP contribution is -2.49. The van der Waals surface area contributed by atoms with Crippen LogP contribution in [-0.2, 0) is 11.2 Å². The summed E-state index contributed by atoms with van der Waals surface area (Å²) in [6.45, 7) is 7.32. The van der Waals surface area contributed by atoms with E-state index >= 15 is 0 Å². The Morgan fingerprint density at radius 1 is 0.974 bits per heavy atom. The minimum absolute atomic E-state index is 0.185. The van der Waals surface area contributed by atoms with Crippen molar-refractivity contribution in [2.24, 2.45) is 5.92 Å². The first-order chi connectivity index (χ1) is 17.9. The maximum atomic E-state index is 13.7. The van der Waals surface area contributed by atoms with Gasteiger partial charge in [-0.1, -0.05) is 6.07 Å². The van der Waals surface area contributed by atoms with Crippen LogP contribution in [0.1, 0.15) is 57.7 Å². The van der Waals surface area contributed by atoms with E-state index in [2.05, 4.69) is 5.32 Å². The number of benzene rings is 1. The largest absolute Gasteiger partial charge is 0.784 e. The lowest BCUT2D eigenvalue weighted by atomic mass is 9.85. The molecule has 2 aromatic rings. The van der Waals surface area contributed by atoms with Crippen LogP contribution in [0.15, 0.2) is 29.1 Å². The van der Waals surface area contributed by atoms with Crippen molar-refractivity contribution in [2.75, 3.05) is 28.4 Å². The molecule has 2 aliphatic rings. The van der Waals surface area contributed by atoms with Gasteiger partial charge in [0.25, 0.3) is 0 Å². The Morgan fingerprint density at radius 3 is 2.18 bits per heavy atom. The van der Waals surface area contributed by atoms with Crippen molar-refractivity contribution in [2.45, 2.75) is 64.1 Å². The third kappa shape index (κ3) is 4.47. The molecule has 2 atom stereocenters. The fourth-order valence-electron chi connectivity index (χ4n) is 6.06. The molecule has 0 bridgehead atoms. The first kappa shape index (κ1) is 27.7. The molecule has 0 saturated carbocycles. The zero-order chi connectivity index (χ0) is 28.0. The number of rotatable bonds is 6. The molecule has 9 heteroatoms. The molecule has 2 aromatic carbocycles. The number of fused-ring (bicyclic) bond motifs is 3. The van der Waals surface area contributed by atoms with Crippen LogP contribution in [0.4, 0.5) is 0 Å². The van der Waals surface area contributed by atoms with Crippen molar-refractivity contribution in [3.63, 3.8) is 0 Å². The summed E-state index contributed by atoms with van der Waals surface area (Å²) in [7, 11) is 6.11. The van der Waals surface area contributed by atoms with Gasteiger partial charge in [-0.15, -0.1) is 0 Å². The number of methoxy groups -OCH3 is 4. The van der Waals surface area contributed by atoms with Crippen LogP contribution in [0.5, 0.6) is 23.0 Å². The number of aryl methyl sites for hydroxylation is 1. The number of carbonyl (C=O) groups is 1. The number of ether oxygens (including phenoxy) is 4. The van der Waals surface area contributed by atoms with Gasteiger partial charge in [0, 0.05) is 16.6 Å². The van der Waals surface area contributed by atoms with Gasteiger partial charge in [-0.2, -0.15) is 0 Å². The van der Waals surface area contributed by atoms with Crippen LogP contribution >= 0.6 is 0 Å². The topological polar surface area (TPSA) is 109 Å². The van der Waals surface area contributed by atoms with E-state index in [-0.39, 0.29) is 17.1 Å². The number of hydroxylamine groups is 2. The molecule has 0 spiro atoms. The van der Waals surface area contributed by atoms with Gasteiger partial charge >= 0.3 is 0 Å². The molecule has 1 amide bonds. The van der Waals surface area contributed by atoms with Crippen LogP contribution in [0, 0.1) is 11.1 Å². The molecule has 0 aromatic heterocycles. The van der Waals surface area contributed by atoms with Gasteiger partial charge in [0.05, 0.1) is 40.4 Å². The standard InChI is InChI=1S/C29H37N2O7/c1-28(2)15-19(29(3,4)31(28)34)27(33)30-20-11-9-16-13-23(36-6)25(37-7)26(38-8)24(16)17-10-12-22(35-5)21(32)14-18(17)20/h10,12-14,19-20H,9,11,15H2,1-8H3,(H,30,33)/q-1/t19-,20-/m0/s1. The van der Waals surface area contributed by atoms with Gasteiger partial charge < -0.3 is 34.5 Å². The smallest absolute Gasteiger partial charge is 0.225 e. The number of amides is 1. The first-order valence-electron chi connectivity index (χ1n) is 12.7. The summed E-state index contributed by atoms with van der Waals surface area (Å²) in [5.74, 6) is 0.903. The zero-order valence-electron chi connectivity index (χ0n) is 23.4. The highest BCUT2D eigenvalue weighted by Crippen LogP contribution is 2.50. The maximum absolute atomic E-state index is 13.7. The van der Waals surface area contributed by atoms with Crippen LogP contribution in [0.2, 0.25) is 0 Å². The van der Waals surface area contributed by atoms with Gasteiger partial charge in [0.2, 0.25) is 17.1 Å². The third-order valence-corrected chi connectivity index (χ3v) is 7.98. The van der Waals surface area contributed by atoms with Crippen molar-refractivity contribution in [1.29, 1.82) is 0 Å². The summed E-state index contributed by atoms with van der Waals surface area (Å²) in [5, 5.41) is 17.2. The lowest BCUT2D eigenvalue weighted by Gasteiger charge is -2.47. The number of nitrogens with zero attached hydrogens (tertiary/aromatic N) is 1. The van der Waals surface area contributed by atoms with Gasteiger partial charge in [-0.3, -0.25) is 9.59 Å². The second-order valence-corrected chi connectivity index (χ2v) is 11.1. The highest BCUT2D eigenvalue weighted by atomic mass is 16.5. The molecule has 0 unspecified atom stereocenters. The molecule has 206 valence electrons. The van der Waals surface area contributed by atoms with Crippen LogP contribution in [0.3, 0.4) is 0 Å². The van der Waals surface area contributed by atoms with E-state index in [1.807, 2.05) is 26.0 Å². The number of nitrogens with one attached hydrogen (secondary N) is 1. The molecule has 1 aliphatic carbocycles. The van der Waals surface area contributed by atoms with Gasteiger partial charge in [-0.05, 0) is 81.8 Å². The Labute approximate surface area is 223 Å². The second kappa shape index (κ2) is 10.1. The number of carbonyl (C=O) groups excluding carboxylic acids is 1. The minimum Gasteiger partial charge on any atom is -0.784 e. The van der Waals surface area contributed by atoms with E-state index in [9.17, 15) is 14.8 Å². The van der Waals surface area contributed by atoms with Crippen molar-refractivity contribution >= 4 is 5.91 Å². The van der Waals surface area contributed by atoms with Crippen molar-refractivity contribution in [3.05, 3.63) is 50.8 Å². The molecule has 4 rings (SSSR count). The molecular formula is C29H37N2O7-. The molecule has 1 heterocycles. The maximum Gasteiger partial charge on any atom is 0.225 e. The average Bonchev–Trinajstić information content (AvgIpc) is 3.03. The fourth-order valence-corrected chi connectivity index (χ4v) is 6.06. The highest BCUT2D eigenvalue weighted by Gasteiger charge is 2.50. The van der Waals surface area contributed by atoms with Gasteiger partial charge in [0.1, 0.15) is 0 Å². The predicted octanol–water partition coefficient (Wildman–Crippen LogP) is 4.23. The highest BCUT2D eigenvalue weighted by molar-refractivity contribution is 5.85. The Hall–Kier alpha value is -3.30. The molecule has 1 N–H and O–H groups in total. The van der Waals surface area contributed by atoms with Crippen molar-refractivity contribution in [3.8, 4) is 34.1 Å². The molecule has 1 saturated heterocycles. The Bertz CT molecular complexity index is 1300. The monoisotopic (exact) mass is 525 g/mol. The van der Waals surface area contributed by atoms with Crippen molar-refractivity contribution in [1.82, 2.24) is 10.4 Å². The SMILES string of the molecule is COc1cc2c(c(OC)c1OC)-c1ccc(OC)c(=O)cc1[C@@H](NC(=O)[C@@H]1CC(C)(C)N([O-])C1(C)C)CC2. The Balaban J connectivity index is 1.88. The molecular weight excluding hydrogens is 488 g/mol. The summed E-state index contributed by atoms with van der Waals surface area (Å²) in [5.41, 5.74) is 1.23. The average molecular weight is 526 g/mol.